The summed E-state index contributed by atoms with van der Waals surface area (Å²) in [6.45, 7) is 7.95. The lowest BCUT2D eigenvalue weighted by molar-refractivity contribution is -0.158. The number of hydrazine groups is 1. The molecule has 0 unspecified atom stereocenters. The molecule has 0 saturated carbocycles. The molecule has 0 aromatic carbocycles. The van der Waals surface area contributed by atoms with Crippen molar-refractivity contribution in [3.8, 4) is 0 Å². The van der Waals surface area contributed by atoms with Gasteiger partial charge in [0.25, 0.3) is 0 Å². The van der Waals surface area contributed by atoms with Crippen LogP contribution >= 0.6 is 0 Å². The molecule has 16 heavy (non-hydrogen) atoms. The van der Waals surface area contributed by atoms with Crippen molar-refractivity contribution in [2.75, 3.05) is 14.1 Å². The van der Waals surface area contributed by atoms with Gasteiger partial charge >= 0.3 is 0 Å². The van der Waals surface area contributed by atoms with E-state index < -0.39 is 0 Å². The molecule has 0 N–H and O–H groups in total. The molecule has 0 aromatic rings. The van der Waals surface area contributed by atoms with Gasteiger partial charge in [0.05, 0.1) is 0 Å². The number of carbonyl (C=O) groups is 2. The Hall–Kier alpha value is -1.06. The van der Waals surface area contributed by atoms with Gasteiger partial charge in [0.15, 0.2) is 0 Å². The summed E-state index contributed by atoms with van der Waals surface area (Å²) in [5.74, 6) is 0.580. The van der Waals surface area contributed by atoms with Gasteiger partial charge in [-0.3, -0.25) is 19.6 Å². The zero-order valence-corrected chi connectivity index (χ0v) is 11.3. The van der Waals surface area contributed by atoms with Crippen molar-refractivity contribution in [2.45, 2.75) is 40.5 Å². The van der Waals surface area contributed by atoms with Crippen LogP contribution in [0.25, 0.3) is 0 Å². The average Bonchev–Trinajstić information content (AvgIpc) is 2.13. The summed E-state index contributed by atoms with van der Waals surface area (Å²) in [5.41, 5.74) is 0. The van der Waals surface area contributed by atoms with E-state index >= 15 is 0 Å². The van der Waals surface area contributed by atoms with Crippen molar-refractivity contribution in [1.29, 1.82) is 0 Å². The molecule has 0 aliphatic carbocycles. The second kappa shape index (κ2) is 6.51. The Labute approximate surface area is 98.6 Å². The normalized spacial score (nSPS) is 10.8. The summed E-state index contributed by atoms with van der Waals surface area (Å²) < 4.78 is 0. The maximum Gasteiger partial charge on any atom is 0.241 e. The summed E-state index contributed by atoms with van der Waals surface area (Å²) >= 11 is 0. The Kier molecular flexibility index (Phi) is 6.08. The van der Waals surface area contributed by atoms with Crippen LogP contribution in [0.3, 0.4) is 0 Å². The zero-order chi connectivity index (χ0) is 12.9. The van der Waals surface area contributed by atoms with Crippen molar-refractivity contribution >= 4 is 11.8 Å². The Morgan fingerprint density at radius 3 is 1.25 bits per heavy atom. The van der Waals surface area contributed by atoms with E-state index in [1.165, 1.54) is 10.0 Å². The number of hydrogen-bond donors (Lipinski definition) is 0. The molecule has 0 rings (SSSR count). The SMILES string of the molecule is CC(C)CC(=O)N(C)N(C)C(=O)CC(C)C. The second-order valence-electron chi connectivity index (χ2n) is 5.03. The van der Waals surface area contributed by atoms with Gasteiger partial charge in [0, 0.05) is 26.9 Å². The van der Waals surface area contributed by atoms with E-state index in [1.54, 1.807) is 14.1 Å². The fourth-order valence-electron chi connectivity index (χ4n) is 1.30. The molecule has 0 fully saturated rings. The van der Waals surface area contributed by atoms with Gasteiger partial charge in [-0.05, 0) is 11.8 Å². The highest BCUT2D eigenvalue weighted by Gasteiger charge is 2.19. The van der Waals surface area contributed by atoms with Crippen molar-refractivity contribution in [2.24, 2.45) is 11.8 Å². The number of carbonyl (C=O) groups excluding carboxylic acids is 2. The molecule has 2 amide bonds. The highest BCUT2D eigenvalue weighted by molar-refractivity contribution is 5.82. The third-order valence-electron chi connectivity index (χ3n) is 2.34. The molecule has 0 saturated heterocycles. The van der Waals surface area contributed by atoms with Crippen LogP contribution in [0.15, 0.2) is 0 Å². The highest BCUT2D eigenvalue weighted by Crippen LogP contribution is 2.08. The minimum Gasteiger partial charge on any atom is -0.273 e. The summed E-state index contributed by atoms with van der Waals surface area (Å²) in [4.78, 5) is 23.4. The quantitative estimate of drug-likeness (QED) is 0.690. The molecule has 0 aromatic heterocycles. The lowest BCUT2D eigenvalue weighted by atomic mass is 10.1. The van der Waals surface area contributed by atoms with Crippen molar-refractivity contribution in [1.82, 2.24) is 10.0 Å². The Balaban J connectivity index is 4.31. The fourth-order valence-corrected chi connectivity index (χ4v) is 1.30. The first-order valence-corrected chi connectivity index (χ1v) is 5.78. The van der Waals surface area contributed by atoms with Gasteiger partial charge in [-0.1, -0.05) is 27.7 Å². The summed E-state index contributed by atoms with van der Waals surface area (Å²) in [6, 6.07) is 0. The predicted molar refractivity (Wildman–Crippen MR) is 64.5 cm³/mol. The summed E-state index contributed by atoms with van der Waals surface area (Å²) in [5, 5.41) is 2.81. The third-order valence-corrected chi connectivity index (χ3v) is 2.34. The molecule has 4 heteroatoms. The predicted octanol–water partition coefficient (Wildman–Crippen LogP) is 1.91. The molecular formula is C12H24N2O2. The maximum absolute atomic E-state index is 11.7. The van der Waals surface area contributed by atoms with Crippen molar-refractivity contribution in [3.05, 3.63) is 0 Å². The molecule has 0 aliphatic heterocycles. The molecule has 0 spiro atoms. The van der Waals surface area contributed by atoms with E-state index in [0.29, 0.717) is 24.7 Å². The maximum atomic E-state index is 11.7. The molecule has 0 radical (unpaired) electrons. The average molecular weight is 228 g/mol. The molecule has 0 heterocycles. The van der Waals surface area contributed by atoms with E-state index in [4.69, 9.17) is 0 Å². The van der Waals surface area contributed by atoms with Crippen LogP contribution in [-0.4, -0.2) is 35.9 Å². The smallest absolute Gasteiger partial charge is 0.241 e. The zero-order valence-electron chi connectivity index (χ0n) is 11.3. The van der Waals surface area contributed by atoms with Crippen LogP contribution in [0, 0.1) is 11.8 Å². The number of rotatable bonds is 4. The molecule has 0 bridgehead atoms. The Morgan fingerprint density at radius 1 is 0.812 bits per heavy atom. The van der Waals surface area contributed by atoms with Crippen LogP contribution < -0.4 is 0 Å². The highest BCUT2D eigenvalue weighted by atomic mass is 16.2. The molecule has 0 aliphatic rings. The van der Waals surface area contributed by atoms with E-state index in [2.05, 4.69) is 0 Å². The van der Waals surface area contributed by atoms with Gasteiger partial charge in [-0.2, -0.15) is 0 Å². The molecule has 0 atom stereocenters. The van der Waals surface area contributed by atoms with E-state index in [0.717, 1.165) is 0 Å². The number of amides is 2. The molecule has 4 nitrogen and oxygen atoms in total. The standard InChI is InChI=1S/C12H24N2O2/c1-9(2)7-11(15)13(5)14(6)12(16)8-10(3)4/h9-10H,7-8H2,1-6H3. The Bertz CT molecular complexity index is 223. The van der Waals surface area contributed by atoms with Gasteiger partial charge < -0.3 is 0 Å². The fraction of sp³-hybridized carbons (Fsp3) is 0.833. The van der Waals surface area contributed by atoms with Crippen LogP contribution in [0.4, 0.5) is 0 Å². The van der Waals surface area contributed by atoms with Gasteiger partial charge in [0.2, 0.25) is 11.8 Å². The van der Waals surface area contributed by atoms with E-state index in [-0.39, 0.29) is 11.8 Å². The van der Waals surface area contributed by atoms with Gasteiger partial charge in [-0.15, -0.1) is 0 Å². The first-order chi connectivity index (χ1) is 7.25. The first-order valence-electron chi connectivity index (χ1n) is 5.78. The lowest BCUT2D eigenvalue weighted by Crippen LogP contribution is -2.45. The van der Waals surface area contributed by atoms with Gasteiger partial charge in [-0.25, -0.2) is 0 Å². The second-order valence-corrected chi connectivity index (χ2v) is 5.03. The number of nitrogens with zero attached hydrogens (tertiary/aromatic N) is 2. The van der Waals surface area contributed by atoms with Crippen LogP contribution in [0.1, 0.15) is 40.5 Å². The van der Waals surface area contributed by atoms with Crippen LogP contribution in [0.5, 0.6) is 0 Å². The minimum atomic E-state index is -0.0189. The van der Waals surface area contributed by atoms with E-state index in [9.17, 15) is 9.59 Å². The molecule has 94 valence electrons. The lowest BCUT2D eigenvalue weighted by Gasteiger charge is -2.29. The minimum absolute atomic E-state index is 0.0189. The topological polar surface area (TPSA) is 40.6 Å². The van der Waals surface area contributed by atoms with Crippen molar-refractivity contribution < 1.29 is 9.59 Å². The summed E-state index contributed by atoms with van der Waals surface area (Å²) in [7, 11) is 3.28. The Morgan fingerprint density at radius 2 is 1.06 bits per heavy atom. The molecular weight excluding hydrogens is 204 g/mol. The van der Waals surface area contributed by atoms with Crippen LogP contribution in [0.2, 0.25) is 0 Å². The summed E-state index contributed by atoms with van der Waals surface area (Å²) in [6.07, 6.45) is 0.936. The third kappa shape index (κ3) is 5.14. The van der Waals surface area contributed by atoms with Crippen molar-refractivity contribution in [3.63, 3.8) is 0 Å². The van der Waals surface area contributed by atoms with E-state index in [1.807, 2.05) is 27.7 Å². The first kappa shape index (κ1) is 14.9. The number of hydrogen-bond acceptors (Lipinski definition) is 2. The monoisotopic (exact) mass is 228 g/mol. The van der Waals surface area contributed by atoms with Crippen LogP contribution in [-0.2, 0) is 9.59 Å². The van der Waals surface area contributed by atoms with Gasteiger partial charge in [0.1, 0.15) is 0 Å². The largest absolute Gasteiger partial charge is 0.273 e.